The summed E-state index contributed by atoms with van der Waals surface area (Å²) in [6, 6.07) is 58.3. The van der Waals surface area contributed by atoms with Gasteiger partial charge >= 0.3 is 0 Å². The molecule has 8 aromatic carbocycles. The van der Waals surface area contributed by atoms with Gasteiger partial charge in [0.25, 0.3) is 0 Å². The van der Waals surface area contributed by atoms with Gasteiger partial charge in [0.15, 0.2) is 0 Å². The number of benzene rings is 8. The van der Waals surface area contributed by atoms with E-state index in [0.29, 0.717) is 0 Å². The number of hydrogen-bond acceptors (Lipinski definition) is 2. The zero-order chi connectivity index (χ0) is 43.4. The molecule has 65 heavy (non-hydrogen) atoms. The molecule has 0 atom stereocenters. The van der Waals surface area contributed by atoms with Crippen LogP contribution in [0.5, 0.6) is 0 Å². The van der Waals surface area contributed by atoms with Gasteiger partial charge in [-0.05, 0) is 87.9 Å². The molecule has 11 aromatic rings. The average molecular weight is 832 g/mol. The topological polar surface area (TPSA) is 42.1 Å². The number of para-hydroxylation sites is 4. The number of aromatic amines is 1. The maximum atomic E-state index is 6.90. The zero-order valence-electron chi connectivity index (χ0n) is 35.7. The zero-order valence-corrected chi connectivity index (χ0v) is 35.7. The smallest absolute Gasteiger partial charge is 0.143 e. The molecule has 0 saturated carbocycles. The van der Waals surface area contributed by atoms with Crippen molar-refractivity contribution in [3.63, 3.8) is 0 Å². The van der Waals surface area contributed by atoms with Crippen LogP contribution in [0.3, 0.4) is 0 Å². The van der Waals surface area contributed by atoms with E-state index < -0.39 is 0 Å². The van der Waals surface area contributed by atoms with Gasteiger partial charge in [0.05, 0.1) is 0 Å². The van der Waals surface area contributed by atoms with E-state index in [0.717, 1.165) is 121 Å². The van der Waals surface area contributed by atoms with Gasteiger partial charge in [0.1, 0.15) is 22.3 Å². The number of rotatable bonds is 8. The van der Waals surface area contributed by atoms with Crippen LogP contribution in [0, 0.1) is 0 Å². The maximum Gasteiger partial charge on any atom is 0.143 e. The molecule has 0 radical (unpaired) electrons. The van der Waals surface area contributed by atoms with E-state index in [1.807, 2.05) is 30.4 Å². The van der Waals surface area contributed by atoms with E-state index in [2.05, 4.69) is 206 Å². The largest absolute Gasteiger partial charge is 0.455 e. The Kier molecular flexibility index (Phi) is 9.15. The lowest BCUT2D eigenvalue weighted by Gasteiger charge is -2.06. The highest BCUT2D eigenvalue weighted by atomic mass is 16.3. The lowest BCUT2D eigenvalue weighted by Crippen LogP contribution is -1.84. The number of allylic oxidation sites excluding steroid dienone is 10. The van der Waals surface area contributed by atoms with Crippen molar-refractivity contribution in [1.29, 1.82) is 0 Å². The molecule has 1 aliphatic carbocycles. The number of furan rings is 2. The monoisotopic (exact) mass is 831 g/mol. The van der Waals surface area contributed by atoms with Crippen LogP contribution in [0.1, 0.15) is 12.5 Å². The highest BCUT2D eigenvalue weighted by Crippen LogP contribution is 2.43. The lowest BCUT2D eigenvalue weighted by molar-refractivity contribution is 0.669. The Labute approximate surface area is 376 Å². The summed E-state index contributed by atoms with van der Waals surface area (Å²) >= 11 is 0. The minimum Gasteiger partial charge on any atom is -0.455 e. The number of hydrogen-bond donors (Lipinski definition) is 1. The molecule has 0 aliphatic heterocycles. The summed E-state index contributed by atoms with van der Waals surface area (Å²) in [6.07, 6.45) is 16.3. The van der Waals surface area contributed by atoms with Crippen LogP contribution in [-0.4, -0.2) is 4.98 Å². The molecule has 0 amide bonds. The molecule has 3 nitrogen and oxygen atoms in total. The van der Waals surface area contributed by atoms with Crippen LogP contribution in [0.4, 0.5) is 0 Å². The first kappa shape index (κ1) is 38.1. The minimum atomic E-state index is 0.830. The fourth-order valence-corrected chi connectivity index (χ4v) is 9.56. The maximum absolute atomic E-state index is 6.90. The first-order valence-corrected chi connectivity index (χ1v) is 22.0. The molecule has 3 heterocycles. The van der Waals surface area contributed by atoms with Crippen molar-refractivity contribution in [2.24, 2.45) is 0 Å². The Morgan fingerprint density at radius 2 is 1.02 bits per heavy atom. The minimum absolute atomic E-state index is 0.830. The number of nitrogens with one attached hydrogen (secondary N) is 1. The lowest BCUT2D eigenvalue weighted by atomic mass is 9.97. The number of fused-ring (bicyclic) bond motifs is 9. The molecular formula is C62H41NO2. The molecule has 1 aliphatic rings. The first-order valence-electron chi connectivity index (χ1n) is 22.0. The summed E-state index contributed by atoms with van der Waals surface area (Å²) in [5.41, 5.74) is 21.8. The van der Waals surface area contributed by atoms with Crippen molar-refractivity contribution in [2.45, 2.75) is 6.92 Å². The average Bonchev–Trinajstić information content (AvgIpc) is 3.98. The first-order chi connectivity index (χ1) is 32.1. The molecular weight excluding hydrogens is 791 g/mol. The molecule has 3 aromatic heterocycles. The van der Waals surface area contributed by atoms with Crippen LogP contribution >= 0.6 is 0 Å². The van der Waals surface area contributed by atoms with Crippen molar-refractivity contribution >= 4 is 71.3 Å². The molecule has 0 spiro atoms. The molecule has 0 bridgehead atoms. The van der Waals surface area contributed by atoms with E-state index in [4.69, 9.17) is 8.83 Å². The van der Waals surface area contributed by atoms with Gasteiger partial charge in [-0.25, -0.2) is 0 Å². The Morgan fingerprint density at radius 3 is 1.63 bits per heavy atom. The Hall–Kier alpha value is -8.62. The predicted octanol–water partition coefficient (Wildman–Crippen LogP) is 17.5. The second-order valence-electron chi connectivity index (χ2n) is 16.6. The molecule has 1 N–H and O–H groups in total. The summed E-state index contributed by atoms with van der Waals surface area (Å²) in [5.74, 6) is 0. The van der Waals surface area contributed by atoms with Gasteiger partial charge in [-0.15, -0.1) is 5.73 Å². The third-order valence-electron chi connectivity index (χ3n) is 12.8. The summed E-state index contributed by atoms with van der Waals surface area (Å²) in [6.45, 7) is 6.54. The van der Waals surface area contributed by atoms with Crippen molar-refractivity contribution in [3.8, 4) is 44.5 Å². The quantitative estimate of drug-likeness (QED) is 0.122. The third kappa shape index (κ3) is 6.54. The second-order valence-corrected chi connectivity index (χ2v) is 16.6. The van der Waals surface area contributed by atoms with Gasteiger partial charge in [-0.1, -0.05) is 183 Å². The summed E-state index contributed by atoms with van der Waals surface area (Å²) < 4.78 is 13.8. The van der Waals surface area contributed by atoms with E-state index >= 15 is 0 Å². The van der Waals surface area contributed by atoms with Crippen molar-refractivity contribution in [3.05, 3.63) is 241 Å². The van der Waals surface area contributed by atoms with Gasteiger partial charge < -0.3 is 13.8 Å². The van der Waals surface area contributed by atoms with Crippen LogP contribution in [0.2, 0.25) is 0 Å². The van der Waals surface area contributed by atoms with Gasteiger partial charge in [-0.2, -0.15) is 0 Å². The Bertz CT molecular complexity index is 3920. The van der Waals surface area contributed by atoms with Gasteiger partial charge in [-0.3, -0.25) is 0 Å². The summed E-state index contributed by atoms with van der Waals surface area (Å²) in [5, 5.41) is 6.65. The van der Waals surface area contributed by atoms with Crippen molar-refractivity contribution < 1.29 is 8.83 Å². The van der Waals surface area contributed by atoms with Crippen molar-refractivity contribution in [1.82, 2.24) is 4.98 Å². The van der Waals surface area contributed by atoms with Gasteiger partial charge in [0.2, 0.25) is 0 Å². The van der Waals surface area contributed by atoms with E-state index in [9.17, 15) is 0 Å². The van der Waals surface area contributed by atoms with E-state index in [1.165, 1.54) is 11.1 Å². The number of H-pyrrole nitrogens is 1. The summed E-state index contributed by atoms with van der Waals surface area (Å²) in [4.78, 5) is 3.68. The molecule has 306 valence electrons. The fraction of sp³-hybridized carbons (Fsp3) is 0.0161. The molecule has 0 fully saturated rings. The van der Waals surface area contributed by atoms with Crippen LogP contribution in [0.25, 0.3) is 116 Å². The normalized spacial score (nSPS) is 13.1. The SMILES string of the molecule is C=C(/C=C\C(=C/C)C1=CC=CC=C=C1)c1cccc2c1oc1c(-c3ccc4[nH]c5ccc(-c6cccc7c6oc6c(-c8ccc(-c9ccccc9)cc8)cccc67)cc5c4c3)cccc12. The van der Waals surface area contributed by atoms with Crippen LogP contribution in [0.15, 0.2) is 245 Å². The van der Waals surface area contributed by atoms with Gasteiger partial charge in [0, 0.05) is 65.6 Å². The standard InChI is InChI=1S/C62H41NO2/c1-3-40(41-15-7-4-5-8-16-41)28-27-39(2)47-19-11-23-51-52-25-13-21-49(61(52)64-59(47)51)45-33-35-57-55(37-45)56-38-46(34-36-58(56)63-57)50-22-14-26-54-53-24-12-20-48(60(53)65-62(50)54)44-31-29-43(30-32-44)42-17-9-6-10-18-42/h3-7,9-38,63H,2H2,1H3/b28-27-,40-3+. The van der Waals surface area contributed by atoms with E-state index in [-0.39, 0.29) is 0 Å². The summed E-state index contributed by atoms with van der Waals surface area (Å²) in [7, 11) is 0. The van der Waals surface area contributed by atoms with E-state index in [1.54, 1.807) is 0 Å². The Balaban J connectivity index is 0.915. The highest BCUT2D eigenvalue weighted by Gasteiger charge is 2.19. The molecule has 12 rings (SSSR count). The third-order valence-corrected chi connectivity index (χ3v) is 12.8. The number of aromatic nitrogens is 1. The van der Waals surface area contributed by atoms with Crippen LogP contribution < -0.4 is 0 Å². The molecule has 3 heteroatoms. The fourth-order valence-electron chi connectivity index (χ4n) is 9.56. The molecule has 0 unspecified atom stereocenters. The van der Waals surface area contributed by atoms with Crippen LogP contribution in [-0.2, 0) is 0 Å². The highest BCUT2D eigenvalue weighted by molar-refractivity contribution is 6.16. The molecule has 0 saturated heterocycles. The Morgan fingerprint density at radius 1 is 0.492 bits per heavy atom. The predicted molar refractivity (Wildman–Crippen MR) is 274 cm³/mol. The second kappa shape index (κ2) is 15.6. The van der Waals surface area contributed by atoms with Crippen molar-refractivity contribution in [2.75, 3.05) is 0 Å².